The second kappa shape index (κ2) is 8.00. The zero-order valence-corrected chi connectivity index (χ0v) is 17.1. The maximum absolute atomic E-state index is 14.7. The minimum absolute atomic E-state index is 0.101. The number of hydrogen-bond acceptors (Lipinski definition) is 6. The lowest BCUT2D eigenvalue weighted by Crippen LogP contribution is -2.39. The van der Waals surface area contributed by atoms with E-state index in [1.54, 1.807) is 23.6 Å². The number of aromatic hydroxyl groups is 1. The fraction of sp³-hybridized carbons (Fsp3) is 0.200. The summed E-state index contributed by atoms with van der Waals surface area (Å²) >= 11 is 5.54. The van der Waals surface area contributed by atoms with Crippen LogP contribution in [0.5, 0.6) is 5.75 Å². The van der Waals surface area contributed by atoms with Crippen LogP contribution in [0.2, 0.25) is 0 Å². The zero-order chi connectivity index (χ0) is 22.2. The molecule has 0 saturated heterocycles. The van der Waals surface area contributed by atoms with Crippen LogP contribution in [0.25, 0.3) is 5.69 Å². The van der Waals surface area contributed by atoms with Gasteiger partial charge in [-0.3, -0.25) is 9.67 Å². The van der Waals surface area contributed by atoms with Gasteiger partial charge in [0.25, 0.3) is 0 Å². The molecule has 0 unspecified atom stereocenters. The summed E-state index contributed by atoms with van der Waals surface area (Å²) in [6.07, 6.45) is 2.58. The van der Waals surface area contributed by atoms with Gasteiger partial charge in [0.15, 0.2) is 0 Å². The Hall–Kier alpha value is -3.44. The number of nitrogens with one attached hydrogen (secondary N) is 1. The van der Waals surface area contributed by atoms with Gasteiger partial charge in [0.05, 0.1) is 6.04 Å². The Morgan fingerprint density at radius 1 is 1.19 bits per heavy atom. The summed E-state index contributed by atoms with van der Waals surface area (Å²) in [6, 6.07) is 8.43. The van der Waals surface area contributed by atoms with E-state index in [1.807, 2.05) is 0 Å². The highest BCUT2D eigenvalue weighted by Gasteiger charge is 2.41. The summed E-state index contributed by atoms with van der Waals surface area (Å²) in [7, 11) is 0. The molecule has 0 fully saturated rings. The molecule has 4 aromatic rings. The first-order valence-electron chi connectivity index (χ1n) is 9.27. The van der Waals surface area contributed by atoms with E-state index in [-0.39, 0.29) is 22.5 Å². The van der Waals surface area contributed by atoms with Crippen LogP contribution >= 0.6 is 12.2 Å². The Labute approximate surface area is 180 Å². The van der Waals surface area contributed by atoms with Crippen LogP contribution < -0.4 is 0 Å². The van der Waals surface area contributed by atoms with Crippen molar-refractivity contribution in [1.29, 1.82) is 0 Å². The third-order valence-corrected chi connectivity index (χ3v) is 5.56. The number of hydrogen-bond donors (Lipinski definition) is 3. The average molecular weight is 444 g/mol. The van der Waals surface area contributed by atoms with Crippen molar-refractivity contribution in [3.63, 3.8) is 0 Å². The lowest BCUT2D eigenvalue weighted by Gasteiger charge is -2.34. The first-order valence-corrected chi connectivity index (χ1v) is 9.68. The minimum atomic E-state index is -1.89. The Morgan fingerprint density at radius 3 is 2.58 bits per heavy atom. The van der Waals surface area contributed by atoms with Crippen LogP contribution in [0.3, 0.4) is 0 Å². The molecule has 160 valence electrons. The van der Waals surface area contributed by atoms with Gasteiger partial charge in [0, 0.05) is 23.7 Å². The molecule has 2 heterocycles. The standard InChI is InChI=1S/C20H18F2N6O2S/c1-12(28-19(31)27(11-25-28)14-3-5-15(29)6-4-14)20(30,9-18-23-10-24-26-18)16-7-2-13(21)8-17(16)22/h2-8,10-12,29-30H,9H2,1H3,(H,23,24,26)/t12-,20+/m1/s1. The van der Waals surface area contributed by atoms with Crippen molar-refractivity contribution in [1.82, 2.24) is 29.5 Å². The van der Waals surface area contributed by atoms with Gasteiger partial charge >= 0.3 is 0 Å². The molecule has 2 aromatic carbocycles. The molecule has 0 radical (unpaired) electrons. The maximum atomic E-state index is 14.7. The normalized spacial score (nSPS) is 14.3. The second-order valence-corrected chi connectivity index (χ2v) is 7.44. The molecule has 0 aliphatic carbocycles. The van der Waals surface area contributed by atoms with Crippen LogP contribution in [0.4, 0.5) is 8.78 Å². The molecular weight excluding hydrogens is 426 g/mol. The van der Waals surface area contributed by atoms with Crippen LogP contribution in [0.15, 0.2) is 55.1 Å². The largest absolute Gasteiger partial charge is 0.508 e. The number of nitrogens with zero attached hydrogens (tertiary/aromatic N) is 5. The van der Waals surface area contributed by atoms with Gasteiger partial charge in [-0.25, -0.2) is 18.4 Å². The van der Waals surface area contributed by atoms with Gasteiger partial charge in [-0.1, -0.05) is 6.07 Å². The van der Waals surface area contributed by atoms with Crippen LogP contribution in [-0.4, -0.2) is 39.7 Å². The van der Waals surface area contributed by atoms with Gasteiger partial charge in [-0.2, -0.15) is 10.2 Å². The van der Waals surface area contributed by atoms with Crippen LogP contribution in [0, 0.1) is 16.4 Å². The summed E-state index contributed by atoms with van der Waals surface area (Å²) in [5.41, 5.74) is -1.36. The van der Waals surface area contributed by atoms with E-state index in [4.69, 9.17) is 12.2 Å². The predicted octanol–water partition coefficient (Wildman–Crippen LogP) is 3.20. The molecule has 31 heavy (non-hydrogen) atoms. The lowest BCUT2D eigenvalue weighted by molar-refractivity contribution is -0.0207. The topological polar surface area (TPSA) is 105 Å². The van der Waals surface area contributed by atoms with Crippen molar-refractivity contribution < 1.29 is 19.0 Å². The maximum Gasteiger partial charge on any atom is 0.202 e. The van der Waals surface area contributed by atoms with Gasteiger partial charge in [-0.05, 0) is 49.5 Å². The van der Waals surface area contributed by atoms with E-state index in [9.17, 15) is 19.0 Å². The van der Waals surface area contributed by atoms with E-state index in [0.717, 1.165) is 6.07 Å². The highest BCUT2D eigenvalue weighted by molar-refractivity contribution is 7.71. The average Bonchev–Trinajstić information content (AvgIpc) is 3.37. The van der Waals surface area contributed by atoms with E-state index in [2.05, 4.69) is 20.3 Å². The molecule has 2 aromatic heterocycles. The summed E-state index contributed by atoms with van der Waals surface area (Å²) in [5, 5.41) is 31.9. The quantitative estimate of drug-likeness (QED) is 0.395. The summed E-state index contributed by atoms with van der Waals surface area (Å²) < 4.78 is 31.4. The summed E-state index contributed by atoms with van der Waals surface area (Å²) in [5.74, 6) is -1.26. The second-order valence-electron chi connectivity index (χ2n) is 7.08. The molecule has 8 nitrogen and oxygen atoms in total. The highest BCUT2D eigenvalue weighted by atomic mass is 32.1. The highest BCUT2D eigenvalue weighted by Crippen LogP contribution is 2.37. The van der Waals surface area contributed by atoms with Gasteiger partial charge in [0.2, 0.25) is 4.77 Å². The number of aliphatic hydroxyl groups is 1. The van der Waals surface area contributed by atoms with Crippen molar-refractivity contribution in [3.8, 4) is 11.4 Å². The summed E-state index contributed by atoms with van der Waals surface area (Å²) in [4.78, 5) is 4.03. The number of H-pyrrole nitrogens is 1. The Bertz CT molecular complexity index is 1260. The fourth-order valence-corrected chi connectivity index (χ4v) is 3.81. The molecule has 0 bridgehead atoms. The van der Waals surface area contributed by atoms with Crippen molar-refractivity contribution in [2.24, 2.45) is 0 Å². The number of phenolic OH excluding ortho intramolecular Hbond substituents is 1. The molecule has 3 N–H and O–H groups in total. The van der Waals surface area contributed by atoms with Gasteiger partial charge in [0.1, 0.15) is 41.5 Å². The third kappa shape index (κ3) is 3.84. The smallest absolute Gasteiger partial charge is 0.202 e. The molecule has 0 aliphatic heterocycles. The van der Waals surface area contributed by atoms with Gasteiger partial charge < -0.3 is 10.2 Å². The number of halogens is 2. The summed E-state index contributed by atoms with van der Waals surface area (Å²) in [6.45, 7) is 1.63. The monoisotopic (exact) mass is 444 g/mol. The van der Waals surface area contributed by atoms with E-state index < -0.39 is 23.3 Å². The zero-order valence-electron chi connectivity index (χ0n) is 16.3. The fourth-order valence-electron chi connectivity index (χ4n) is 3.45. The molecule has 4 rings (SSSR count). The molecular formula is C20H18F2N6O2S. The molecule has 2 atom stereocenters. The van der Waals surface area contributed by atoms with E-state index in [0.29, 0.717) is 17.6 Å². The third-order valence-electron chi connectivity index (χ3n) is 5.18. The minimum Gasteiger partial charge on any atom is -0.508 e. The number of benzene rings is 2. The van der Waals surface area contributed by atoms with Gasteiger partial charge in [-0.15, -0.1) is 0 Å². The molecule has 0 saturated carbocycles. The molecule has 0 spiro atoms. The first kappa shape index (κ1) is 20.8. The number of phenols is 1. The Kier molecular flexibility index (Phi) is 5.38. The van der Waals surface area contributed by atoms with E-state index >= 15 is 0 Å². The molecule has 0 aliphatic rings. The van der Waals surface area contributed by atoms with Crippen molar-refractivity contribution in [3.05, 3.63) is 82.9 Å². The molecule has 11 heteroatoms. The molecule has 0 amide bonds. The number of rotatable bonds is 6. The first-order chi connectivity index (χ1) is 14.8. The van der Waals surface area contributed by atoms with Crippen molar-refractivity contribution in [2.45, 2.75) is 25.0 Å². The number of aromatic nitrogens is 6. The Morgan fingerprint density at radius 2 is 1.94 bits per heavy atom. The Balaban J connectivity index is 1.80. The number of aromatic amines is 1. The SMILES string of the molecule is C[C@@H](n1ncn(-c2ccc(O)cc2)c1=S)[C@@](O)(Cc1ncn[nH]1)c1ccc(F)cc1F. The van der Waals surface area contributed by atoms with Crippen molar-refractivity contribution in [2.75, 3.05) is 0 Å². The van der Waals surface area contributed by atoms with E-state index in [1.165, 1.54) is 35.5 Å². The van der Waals surface area contributed by atoms with Crippen LogP contribution in [-0.2, 0) is 12.0 Å². The lowest BCUT2D eigenvalue weighted by atomic mass is 9.83. The van der Waals surface area contributed by atoms with Crippen LogP contribution in [0.1, 0.15) is 24.4 Å². The predicted molar refractivity (Wildman–Crippen MR) is 109 cm³/mol. The van der Waals surface area contributed by atoms with Crippen molar-refractivity contribution >= 4 is 12.2 Å².